The van der Waals surface area contributed by atoms with E-state index < -0.39 is 0 Å². The molecule has 0 bridgehead atoms. The average Bonchev–Trinajstić information content (AvgIpc) is 2.37. The summed E-state index contributed by atoms with van der Waals surface area (Å²) in [5.74, 6) is -0.170. The highest BCUT2D eigenvalue weighted by molar-refractivity contribution is 9.10. The van der Waals surface area contributed by atoms with Crippen molar-refractivity contribution in [1.82, 2.24) is 4.98 Å². The van der Waals surface area contributed by atoms with Gasteiger partial charge in [0, 0.05) is 28.6 Å². The zero-order valence-electron chi connectivity index (χ0n) is 12.3. The minimum atomic E-state index is -0.170. The van der Waals surface area contributed by atoms with Gasteiger partial charge in [0.1, 0.15) is 0 Å². The molecule has 0 spiro atoms. The molecule has 0 fully saturated rings. The van der Waals surface area contributed by atoms with Crippen molar-refractivity contribution in [2.24, 2.45) is 0 Å². The van der Waals surface area contributed by atoms with E-state index in [9.17, 15) is 4.79 Å². The van der Waals surface area contributed by atoms with Crippen LogP contribution in [-0.4, -0.2) is 17.4 Å². The van der Waals surface area contributed by atoms with Crippen molar-refractivity contribution in [3.05, 3.63) is 51.8 Å². The lowest BCUT2D eigenvalue weighted by molar-refractivity contribution is 0.102. The first-order valence-corrected chi connectivity index (χ1v) is 7.58. The number of carbonyl (C=O) groups is 1. The van der Waals surface area contributed by atoms with E-state index >= 15 is 0 Å². The number of aromatic nitrogens is 1. The summed E-state index contributed by atoms with van der Waals surface area (Å²) in [7, 11) is 0. The van der Waals surface area contributed by atoms with Crippen LogP contribution >= 0.6 is 15.9 Å². The van der Waals surface area contributed by atoms with Crippen LogP contribution in [-0.2, 0) is 0 Å². The number of halogens is 1. The Hall–Kier alpha value is -1.88. The molecule has 0 aliphatic heterocycles. The summed E-state index contributed by atoms with van der Waals surface area (Å²) in [5.41, 5.74) is 4.05. The Labute approximate surface area is 133 Å². The Morgan fingerprint density at radius 3 is 2.67 bits per heavy atom. The molecule has 1 heterocycles. The van der Waals surface area contributed by atoms with Crippen LogP contribution in [0.5, 0.6) is 0 Å². The lowest BCUT2D eigenvalue weighted by Gasteiger charge is -2.12. The third-order valence-corrected chi connectivity index (χ3v) is 3.41. The number of carbonyl (C=O) groups excluding carboxylic acids is 1. The van der Waals surface area contributed by atoms with Crippen LogP contribution in [0.2, 0.25) is 0 Å². The normalized spacial score (nSPS) is 10.3. The minimum absolute atomic E-state index is 0.170. The number of hydrogen-bond acceptors (Lipinski definition) is 3. The third-order valence-electron chi connectivity index (χ3n) is 2.95. The molecule has 0 radical (unpaired) electrons. The summed E-state index contributed by atoms with van der Waals surface area (Å²) < 4.78 is 0.937. The number of pyridine rings is 1. The number of nitrogens with one attached hydrogen (secondary N) is 2. The van der Waals surface area contributed by atoms with E-state index in [0.29, 0.717) is 5.56 Å². The van der Waals surface area contributed by atoms with Gasteiger partial charge < -0.3 is 10.6 Å². The molecule has 1 aromatic carbocycles. The lowest BCUT2D eigenvalue weighted by atomic mass is 10.1. The first-order valence-electron chi connectivity index (χ1n) is 6.78. The molecular weight excluding hydrogens is 330 g/mol. The molecule has 0 saturated carbocycles. The van der Waals surface area contributed by atoms with Gasteiger partial charge in [0.25, 0.3) is 5.91 Å². The molecular formula is C16H18BrN3O. The lowest BCUT2D eigenvalue weighted by Crippen LogP contribution is -2.15. The van der Waals surface area contributed by atoms with Gasteiger partial charge in [-0.05, 0) is 50.6 Å². The number of amides is 1. The fraction of sp³-hybridized carbons (Fsp3) is 0.250. The molecule has 2 rings (SSSR count). The van der Waals surface area contributed by atoms with Gasteiger partial charge in [-0.2, -0.15) is 0 Å². The van der Waals surface area contributed by atoms with E-state index in [0.717, 1.165) is 33.6 Å². The minimum Gasteiger partial charge on any atom is -0.385 e. The molecule has 2 N–H and O–H groups in total. The number of benzene rings is 1. The van der Waals surface area contributed by atoms with E-state index in [1.807, 2.05) is 45.0 Å². The largest absolute Gasteiger partial charge is 0.385 e. The van der Waals surface area contributed by atoms with Crippen LogP contribution in [0.3, 0.4) is 0 Å². The molecule has 0 aliphatic rings. The van der Waals surface area contributed by atoms with Gasteiger partial charge in [0.05, 0.1) is 11.3 Å². The van der Waals surface area contributed by atoms with Crippen molar-refractivity contribution in [2.75, 3.05) is 17.2 Å². The fourth-order valence-electron chi connectivity index (χ4n) is 2.08. The molecule has 0 saturated heterocycles. The van der Waals surface area contributed by atoms with Gasteiger partial charge in [-0.1, -0.05) is 15.9 Å². The molecule has 4 nitrogen and oxygen atoms in total. The maximum absolute atomic E-state index is 12.4. The smallest absolute Gasteiger partial charge is 0.259 e. The first-order chi connectivity index (χ1) is 9.99. The fourth-order valence-corrected chi connectivity index (χ4v) is 2.69. The van der Waals surface area contributed by atoms with Gasteiger partial charge in [-0.3, -0.25) is 9.78 Å². The third kappa shape index (κ3) is 4.04. The van der Waals surface area contributed by atoms with E-state index in [2.05, 4.69) is 31.5 Å². The van der Waals surface area contributed by atoms with E-state index in [4.69, 9.17) is 0 Å². The molecule has 21 heavy (non-hydrogen) atoms. The van der Waals surface area contributed by atoms with Gasteiger partial charge in [0.2, 0.25) is 0 Å². The summed E-state index contributed by atoms with van der Waals surface area (Å²) in [6, 6.07) is 7.67. The maximum atomic E-state index is 12.4. The molecule has 0 aliphatic carbocycles. The molecule has 1 aromatic heterocycles. The van der Waals surface area contributed by atoms with Gasteiger partial charge in [-0.25, -0.2) is 0 Å². The Morgan fingerprint density at radius 1 is 1.24 bits per heavy atom. The van der Waals surface area contributed by atoms with Gasteiger partial charge in [-0.15, -0.1) is 0 Å². The molecule has 110 valence electrons. The van der Waals surface area contributed by atoms with Crippen LogP contribution in [0.1, 0.15) is 28.5 Å². The van der Waals surface area contributed by atoms with Crippen molar-refractivity contribution >= 4 is 33.2 Å². The molecule has 2 aromatic rings. The highest BCUT2D eigenvalue weighted by atomic mass is 79.9. The van der Waals surface area contributed by atoms with Crippen molar-refractivity contribution in [1.29, 1.82) is 0 Å². The molecule has 0 atom stereocenters. The predicted octanol–water partition coefficient (Wildman–Crippen LogP) is 4.15. The second-order valence-corrected chi connectivity index (χ2v) is 5.79. The van der Waals surface area contributed by atoms with Crippen LogP contribution in [0.25, 0.3) is 0 Å². The SMILES string of the molecule is CCNc1cc(C)ncc1C(=O)Nc1cc(C)cc(Br)c1. The van der Waals surface area contributed by atoms with Crippen LogP contribution in [0.15, 0.2) is 34.9 Å². The van der Waals surface area contributed by atoms with E-state index in [1.165, 1.54) is 0 Å². The predicted molar refractivity (Wildman–Crippen MR) is 90.0 cm³/mol. The van der Waals surface area contributed by atoms with Crippen molar-refractivity contribution in [3.63, 3.8) is 0 Å². The number of aryl methyl sites for hydroxylation is 2. The van der Waals surface area contributed by atoms with E-state index in [-0.39, 0.29) is 5.91 Å². The molecule has 0 unspecified atom stereocenters. The van der Waals surface area contributed by atoms with Crippen molar-refractivity contribution in [3.8, 4) is 0 Å². The highest BCUT2D eigenvalue weighted by Crippen LogP contribution is 2.21. The van der Waals surface area contributed by atoms with Crippen molar-refractivity contribution < 1.29 is 4.79 Å². The summed E-state index contributed by atoms with van der Waals surface area (Å²) in [6.45, 7) is 6.63. The van der Waals surface area contributed by atoms with Crippen LogP contribution < -0.4 is 10.6 Å². The Balaban J connectivity index is 2.27. The average molecular weight is 348 g/mol. The first kappa shape index (κ1) is 15.5. The summed E-state index contributed by atoms with van der Waals surface area (Å²) in [4.78, 5) is 16.6. The summed E-state index contributed by atoms with van der Waals surface area (Å²) in [6.07, 6.45) is 1.60. The number of hydrogen-bond donors (Lipinski definition) is 2. The number of nitrogens with zero attached hydrogens (tertiary/aromatic N) is 1. The maximum Gasteiger partial charge on any atom is 0.259 e. The quantitative estimate of drug-likeness (QED) is 0.873. The monoisotopic (exact) mass is 347 g/mol. The van der Waals surface area contributed by atoms with Crippen LogP contribution in [0.4, 0.5) is 11.4 Å². The van der Waals surface area contributed by atoms with E-state index in [1.54, 1.807) is 6.20 Å². The summed E-state index contributed by atoms with van der Waals surface area (Å²) in [5, 5.41) is 6.11. The number of anilines is 2. The topological polar surface area (TPSA) is 54.0 Å². The van der Waals surface area contributed by atoms with Gasteiger partial charge in [0.15, 0.2) is 0 Å². The van der Waals surface area contributed by atoms with Crippen molar-refractivity contribution in [2.45, 2.75) is 20.8 Å². The number of rotatable bonds is 4. The molecule has 1 amide bonds. The Kier molecular flexibility index (Phi) is 4.96. The second-order valence-electron chi connectivity index (χ2n) is 4.87. The van der Waals surface area contributed by atoms with Crippen LogP contribution in [0, 0.1) is 13.8 Å². The standard InChI is InChI=1S/C16H18BrN3O/c1-4-18-15-7-11(3)19-9-14(15)16(21)20-13-6-10(2)5-12(17)8-13/h5-9H,4H2,1-3H3,(H,18,19)(H,20,21). The second kappa shape index (κ2) is 6.72. The Morgan fingerprint density at radius 2 is 2.00 bits per heavy atom. The van der Waals surface area contributed by atoms with Gasteiger partial charge >= 0.3 is 0 Å². The zero-order chi connectivity index (χ0) is 15.4. The molecule has 5 heteroatoms. The summed E-state index contributed by atoms with van der Waals surface area (Å²) >= 11 is 3.43. The zero-order valence-corrected chi connectivity index (χ0v) is 13.9. The Bertz CT molecular complexity index is 650. The highest BCUT2D eigenvalue weighted by Gasteiger charge is 2.12.